The minimum atomic E-state index is 0. The van der Waals surface area contributed by atoms with Gasteiger partial charge in [-0.3, -0.25) is 0 Å². The van der Waals surface area contributed by atoms with Crippen molar-refractivity contribution in [2.24, 2.45) is 17.8 Å². The molecule has 5 atom stereocenters. The van der Waals surface area contributed by atoms with Crippen LogP contribution in [0.3, 0.4) is 0 Å². The van der Waals surface area contributed by atoms with Gasteiger partial charge in [0.15, 0.2) is 0 Å². The van der Waals surface area contributed by atoms with Crippen molar-refractivity contribution in [1.29, 1.82) is 0 Å². The molecule has 5 unspecified atom stereocenters. The normalized spacial score (nSPS) is 38.4. The number of halogens is 2. The van der Waals surface area contributed by atoms with Crippen LogP contribution in [0.25, 0.3) is 0 Å². The van der Waals surface area contributed by atoms with Crippen molar-refractivity contribution < 1.29 is 44.0 Å². The van der Waals surface area contributed by atoms with Crippen molar-refractivity contribution in [1.82, 2.24) is 5.32 Å². The Morgan fingerprint density at radius 1 is 1.11 bits per heavy atom. The Morgan fingerprint density at radius 3 is 2.32 bits per heavy atom. The van der Waals surface area contributed by atoms with Crippen molar-refractivity contribution in [3.05, 3.63) is 24.3 Å². The maximum absolute atomic E-state index is 3.90. The largest absolute Gasteiger partial charge is 1.00 e. The zero-order valence-electron chi connectivity index (χ0n) is 11.9. The SMILES string of the molecule is CC(C)(C)NC1CC2C=CC=CC2C1[CH]1[CH2][Ti+2]1.[Cl-].[Cl-]. The van der Waals surface area contributed by atoms with E-state index in [9.17, 15) is 0 Å². The molecule has 1 N–H and O–H groups in total. The van der Waals surface area contributed by atoms with Crippen LogP contribution >= 0.6 is 0 Å². The molecular formula is C15H23Cl2NTi. The summed E-state index contributed by atoms with van der Waals surface area (Å²) in [6.45, 7) is 6.92. The van der Waals surface area contributed by atoms with Gasteiger partial charge in [0, 0.05) is 0 Å². The third kappa shape index (κ3) is 4.11. The fraction of sp³-hybridized carbons (Fsp3) is 0.733. The summed E-state index contributed by atoms with van der Waals surface area (Å²) in [5.41, 5.74) is 0.263. The monoisotopic (exact) mass is 335 g/mol. The molecule has 4 heteroatoms. The average Bonchev–Trinajstić information content (AvgIpc) is 2.98. The second-order valence-corrected chi connectivity index (χ2v) is 9.27. The summed E-state index contributed by atoms with van der Waals surface area (Å²) in [7, 11) is 0. The smallest absolute Gasteiger partial charge is 1.00 e. The molecule has 1 heterocycles. The van der Waals surface area contributed by atoms with Crippen molar-refractivity contribution in [3.8, 4) is 0 Å². The van der Waals surface area contributed by atoms with Crippen LogP contribution in [-0.2, 0) is 19.2 Å². The van der Waals surface area contributed by atoms with Crippen molar-refractivity contribution in [2.45, 2.75) is 47.7 Å². The number of rotatable bonds is 2. The fourth-order valence-corrected chi connectivity index (χ4v) is 5.41. The van der Waals surface area contributed by atoms with Gasteiger partial charge in [-0.05, 0) is 0 Å². The van der Waals surface area contributed by atoms with Gasteiger partial charge in [-0.1, -0.05) is 0 Å². The molecule has 2 aliphatic carbocycles. The van der Waals surface area contributed by atoms with E-state index in [1.165, 1.54) is 6.42 Å². The molecule has 0 aromatic rings. The Kier molecular flexibility index (Phi) is 6.24. The zero-order valence-corrected chi connectivity index (χ0v) is 14.9. The average molecular weight is 336 g/mol. The van der Waals surface area contributed by atoms with E-state index < -0.39 is 0 Å². The van der Waals surface area contributed by atoms with Crippen LogP contribution in [0.4, 0.5) is 0 Å². The Bertz CT molecular complexity index is 358. The minimum absolute atomic E-state index is 0. The predicted octanol–water partition coefficient (Wildman–Crippen LogP) is -2.57. The molecule has 0 radical (unpaired) electrons. The van der Waals surface area contributed by atoms with Crippen molar-refractivity contribution >= 4 is 0 Å². The first-order valence-electron chi connectivity index (χ1n) is 6.91. The molecule has 1 aliphatic heterocycles. The van der Waals surface area contributed by atoms with Gasteiger partial charge in [-0.15, -0.1) is 0 Å². The molecule has 3 rings (SSSR count). The van der Waals surface area contributed by atoms with Gasteiger partial charge in [0.2, 0.25) is 0 Å². The predicted molar refractivity (Wildman–Crippen MR) is 68.6 cm³/mol. The van der Waals surface area contributed by atoms with Crippen LogP contribution in [-0.4, -0.2) is 11.6 Å². The van der Waals surface area contributed by atoms with Crippen molar-refractivity contribution in [3.63, 3.8) is 0 Å². The van der Waals surface area contributed by atoms with E-state index in [0.717, 1.165) is 28.0 Å². The molecule has 1 saturated carbocycles. The molecule has 1 saturated heterocycles. The standard InChI is InChI=1S/C15H23N.2ClH.Ti/c1-5-12-13-9-7-6-8-11(13)10-14(12)16-15(2,3)4;;;/h5-9,11-14,16H,1,10H2,2-4H3;2*1H;/q;;;+2/p-2. The van der Waals surface area contributed by atoms with E-state index in [2.05, 4.69) is 50.4 Å². The molecular weight excluding hydrogens is 313 g/mol. The number of fused-ring (bicyclic) bond motifs is 1. The van der Waals surface area contributed by atoms with Crippen LogP contribution in [0, 0.1) is 17.8 Å². The Balaban J connectivity index is 0.000000902. The van der Waals surface area contributed by atoms with E-state index in [0.29, 0.717) is 19.2 Å². The molecule has 0 bridgehead atoms. The Labute approximate surface area is 138 Å². The van der Waals surface area contributed by atoms with Crippen LogP contribution in [0.5, 0.6) is 0 Å². The second-order valence-electron chi connectivity index (χ2n) is 6.84. The number of nitrogens with one attached hydrogen (secondary N) is 1. The molecule has 0 aromatic heterocycles. The Morgan fingerprint density at radius 2 is 1.74 bits per heavy atom. The summed E-state index contributed by atoms with van der Waals surface area (Å²) in [5.74, 6) is 2.61. The molecule has 19 heavy (non-hydrogen) atoms. The van der Waals surface area contributed by atoms with Crippen LogP contribution < -0.4 is 30.1 Å². The topological polar surface area (TPSA) is 12.0 Å². The van der Waals surface area contributed by atoms with Crippen LogP contribution in [0.1, 0.15) is 27.2 Å². The van der Waals surface area contributed by atoms with Crippen LogP contribution in [0.15, 0.2) is 24.3 Å². The maximum Gasteiger partial charge on any atom is -1.00 e. The molecule has 106 valence electrons. The third-order valence-corrected chi connectivity index (χ3v) is 6.23. The molecule has 3 aliphatic rings. The summed E-state index contributed by atoms with van der Waals surface area (Å²) in [4.78, 5) is 0. The zero-order chi connectivity index (χ0) is 12.0. The molecule has 0 spiro atoms. The van der Waals surface area contributed by atoms with E-state index in [1.54, 1.807) is 4.73 Å². The molecule has 2 fully saturated rings. The van der Waals surface area contributed by atoms with Gasteiger partial charge in [0.05, 0.1) is 0 Å². The quantitative estimate of drug-likeness (QED) is 0.547. The number of hydrogen-bond acceptors (Lipinski definition) is 1. The molecule has 1 nitrogen and oxygen atoms in total. The second kappa shape index (κ2) is 6.66. The van der Waals surface area contributed by atoms with Gasteiger partial charge >= 0.3 is 114 Å². The van der Waals surface area contributed by atoms with E-state index in [1.807, 2.05) is 0 Å². The van der Waals surface area contributed by atoms with Gasteiger partial charge < -0.3 is 24.8 Å². The minimum Gasteiger partial charge on any atom is -1.00 e. The third-order valence-electron chi connectivity index (χ3n) is 4.26. The first-order valence-corrected chi connectivity index (χ1v) is 8.91. The van der Waals surface area contributed by atoms with E-state index in [4.69, 9.17) is 0 Å². The van der Waals surface area contributed by atoms with Crippen molar-refractivity contribution in [2.75, 3.05) is 0 Å². The summed E-state index contributed by atoms with van der Waals surface area (Å²) in [6.07, 6.45) is 10.8. The van der Waals surface area contributed by atoms with Crippen LogP contribution in [0.2, 0.25) is 8.95 Å². The molecule has 0 amide bonds. The fourth-order valence-electron chi connectivity index (χ4n) is 3.64. The summed E-state index contributed by atoms with van der Waals surface area (Å²) >= 11 is 0.435. The Hall–Kier alpha value is 0.734. The number of allylic oxidation sites excluding steroid dienone is 4. The molecule has 0 aromatic carbocycles. The maximum atomic E-state index is 3.90. The van der Waals surface area contributed by atoms with Gasteiger partial charge in [0.1, 0.15) is 0 Å². The van der Waals surface area contributed by atoms with E-state index in [-0.39, 0.29) is 30.4 Å². The number of hydrogen-bond donors (Lipinski definition) is 1. The first-order chi connectivity index (χ1) is 8.04. The first kappa shape index (κ1) is 17.8. The van der Waals surface area contributed by atoms with Gasteiger partial charge in [-0.25, -0.2) is 0 Å². The van der Waals surface area contributed by atoms with Gasteiger partial charge in [0.25, 0.3) is 0 Å². The summed E-state index contributed by atoms with van der Waals surface area (Å²) < 4.78 is 2.72. The van der Waals surface area contributed by atoms with Gasteiger partial charge in [-0.2, -0.15) is 0 Å². The summed E-state index contributed by atoms with van der Waals surface area (Å²) in [5, 5.41) is 3.90. The van der Waals surface area contributed by atoms with E-state index >= 15 is 0 Å². The summed E-state index contributed by atoms with van der Waals surface area (Å²) in [6, 6.07) is 0.758.